The number of rotatable bonds is 3. The Balaban J connectivity index is 1.64. The monoisotopic (exact) mass is 349 g/mol. The maximum atomic E-state index is 12.9. The van der Waals surface area contributed by atoms with Crippen molar-refractivity contribution in [3.05, 3.63) is 70.0 Å². The Morgan fingerprint density at radius 3 is 3.04 bits per heavy atom. The van der Waals surface area contributed by atoms with Gasteiger partial charge in [-0.25, -0.2) is 0 Å². The SMILES string of the molecule is Cn1cc(C(=O)N[C@H]2CCCc3[nH]c(=O)ccc32)c(-c2cccnc2)n1. The molecular weight excluding hydrogens is 330 g/mol. The number of amides is 1. The number of fused-ring (bicyclic) bond motifs is 1. The summed E-state index contributed by atoms with van der Waals surface area (Å²) in [6.45, 7) is 0. The van der Waals surface area contributed by atoms with E-state index in [1.54, 1.807) is 30.3 Å². The number of pyridine rings is 2. The number of carbonyl (C=O) groups excluding carboxylic acids is 1. The summed E-state index contributed by atoms with van der Waals surface area (Å²) in [6.07, 6.45) is 7.68. The second-order valence-electron chi connectivity index (χ2n) is 6.48. The molecule has 0 fully saturated rings. The number of nitrogens with one attached hydrogen (secondary N) is 2. The largest absolute Gasteiger partial charge is 0.345 e. The molecule has 0 spiro atoms. The zero-order valence-electron chi connectivity index (χ0n) is 14.4. The van der Waals surface area contributed by atoms with Crippen LogP contribution in [0.5, 0.6) is 0 Å². The predicted molar refractivity (Wildman–Crippen MR) is 96.6 cm³/mol. The highest BCUT2D eigenvalue weighted by molar-refractivity contribution is 6.00. The maximum Gasteiger partial charge on any atom is 0.255 e. The van der Waals surface area contributed by atoms with Gasteiger partial charge in [0.2, 0.25) is 5.56 Å². The van der Waals surface area contributed by atoms with Gasteiger partial charge in [0.15, 0.2) is 0 Å². The molecule has 0 saturated carbocycles. The lowest BCUT2D eigenvalue weighted by molar-refractivity contribution is 0.0933. The molecule has 132 valence electrons. The summed E-state index contributed by atoms with van der Waals surface area (Å²) in [7, 11) is 1.79. The number of hydrogen-bond acceptors (Lipinski definition) is 4. The number of aryl methyl sites for hydroxylation is 2. The van der Waals surface area contributed by atoms with Crippen molar-refractivity contribution in [2.24, 2.45) is 7.05 Å². The van der Waals surface area contributed by atoms with Gasteiger partial charge in [-0.3, -0.25) is 19.3 Å². The van der Waals surface area contributed by atoms with Crippen LogP contribution in [0.4, 0.5) is 0 Å². The predicted octanol–water partition coefficient (Wildman–Crippen LogP) is 1.98. The van der Waals surface area contributed by atoms with Gasteiger partial charge in [0, 0.05) is 43.0 Å². The number of hydrogen-bond donors (Lipinski definition) is 2. The second kappa shape index (κ2) is 6.59. The van der Waals surface area contributed by atoms with Crippen LogP contribution >= 0.6 is 0 Å². The van der Waals surface area contributed by atoms with Crippen molar-refractivity contribution in [3.63, 3.8) is 0 Å². The average Bonchev–Trinajstić information content (AvgIpc) is 3.04. The van der Waals surface area contributed by atoms with Gasteiger partial charge in [-0.15, -0.1) is 0 Å². The Bertz CT molecular complexity index is 1010. The lowest BCUT2D eigenvalue weighted by atomic mass is 9.91. The number of H-pyrrole nitrogens is 1. The van der Waals surface area contributed by atoms with Gasteiger partial charge < -0.3 is 10.3 Å². The number of carbonyl (C=O) groups is 1. The van der Waals surface area contributed by atoms with E-state index in [1.807, 2.05) is 18.2 Å². The van der Waals surface area contributed by atoms with E-state index in [0.717, 1.165) is 36.1 Å². The van der Waals surface area contributed by atoms with Crippen molar-refractivity contribution in [2.75, 3.05) is 0 Å². The van der Waals surface area contributed by atoms with Crippen LogP contribution in [0.15, 0.2) is 47.7 Å². The van der Waals surface area contributed by atoms with Gasteiger partial charge in [0.05, 0.1) is 11.6 Å². The molecule has 1 aliphatic carbocycles. The van der Waals surface area contributed by atoms with Gasteiger partial charge in [0.25, 0.3) is 5.91 Å². The van der Waals surface area contributed by atoms with Crippen molar-refractivity contribution >= 4 is 5.91 Å². The number of nitrogens with zero attached hydrogens (tertiary/aromatic N) is 3. The molecule has 0 radical (unpaired) electrons. The van der Waals surface area contributed by atoms with Crippen molar-refractivity contribution in [3.8, 4) is 11.3 Å². The fraction of sp³-hybridized carbons (Fsp3) is 0.263. The quantitative estimate of drug-likeness (QED) is 0.756. The first kappa shape index (κ1) is 16.3. The van der Waals surface area contributed by atoms with Crippen molar-refractivity contribution in [1.82, 2.24) is 25.1 Å². The highest BCUT2D eigenvalue weighted by atomic mass is 16.1. The zero-order chi connectivity index (χ0) is 18.1. The first-order chi connectivity index (χ1) is 12.6. The van der Waals surface area contributed by atoms with Gasteiger partial charge >= 0.3 is 0 Å². The lowest BCUT2D eigenvalue weighted by Gasteiger charge is -2.25. The molecule has 2 N–H and O–H groups in total. The summed E-state index contributed by atoms with van der Waals surface area (Å²) in [6, 6.07) is 6.90. The fourth-order valence-electron chi connectivity index (χ4n) is 3.46. The minimum Gasteiger partial charge on any atom is -0.345 e. The van der Waals surface area contributed by atoms with Crippen LogP contribution in [0.1, 0.15) is 40.5 Å². The number of aromatic nitrogens is 4. The third-order valence-corrected chi connectivity index (χ3v) is 4.65. The maximum absolute atomic E-state index is 12.9. The summed E-state index contributed by atoms with van der Waals surface area (Å²) in [5, 5.41) is 7.52. The molecule has 1 amide bonds. The van der Waals surface area contributed by atoms with Crippen LogP contribution in [0.3, 0.4) is 0 Å². The minimum atomic E-state index is -0.180. The first-order valence-corrected chi connectivity index (χ1v) is 8.59. The highest BCUT2D eigenvalue weighted by Gasteiger charge is 2.25. The summed E-state index contributed by atoms with van der Waals surface area (Å²) in [5.74, 6) is -0.180. The van der Waals surface area contributed by atoms with Crippen LogP contribution < -0.4 is 10.9 Å². The summed E-state index contributed by atoms with van der Waals surface area (Å²) in [4.78, 5) is 31.5. The average molecular weight is 349 g/mol. The van der Waals surface area contributed by atoms with E-state index in [4.69, 9.17) is 0 Å². The Kier molecular flexibility index (Phi) is 4.12. The molecule has 7 nitrogen and oxygen atoms in total. The molecular formula is C19H19N5O2. The molecule has 0 aromatic carbocycles. The molecule has 0 unspecified atom stereocenters. The lowest BCUT2D eigenvalue weighted by Crippen LogP contribution is -2.32. The summed E-state index contributed by atoms with van der Waals surface area (Å²) in [5.41, 5.74) is 3.70. The Hall–Kier alpha value is -3.22. The standard InChI is InChI=1S/C19H19N5O2/c1-24-11-14(18(23-24)12-4-3-9-20-10-12)19(26)22-16-6-2-5-15-13(16)7-8-17(25)21-15/h3-4,7-11,16H,2,5-6H2,1H3,(H,21,25)(H,22,26)/t16-/m0/s1. The van der Waals surface area contributed by atoms with E-state index in [9.17, 15) is 9.59 Å². The number of aromatic amines is 1. The molecule has 26 heavy (non-hydrogen) atoms. The van der Waals surface area contributed by atoms with Crippen LogP contribution in [0, 0.1) is 0 Å². The fourth-order valence-corrected chi connectivity index (χ4v) is 3.46. The molecule has 3 aromatic rings. The van der Waals surface area contributed by atoms with Gasteiger partial charge in [-0.1, -0.05) is 0 Å². The third kappa shape index (κ3) is 3.03. The summed E-state index contributed by atoms with van der Waals surface area (Å²) >= 11 is 0. The molecule has 1 aliphatic rings. The molecule has 0 saturated heterocycles. The minimum absolute atomic E-state index is 0.109. The van der Waals surface area contributed by atoms with Gasteiger partial charge in [-0.2, -0.15) is 5.10 Å². The van der Waals surface area contributed by atoms with E-state index in [0.29, 0.717) is 11.3 Å². The summed E-state index contributed by atoms with van der Waals surface area (Å²) < 4.78 is 1.63. The van der Waals surface area contributed by atoms with E-state index in [2.05, 4.69) is 20.4 Å². The van der Waals surface area contributed by atoms with Crippen molar-refractivity contribution < 1.29 is 4.79 Å². The molecule has 0 aliphatic heterocycles. The Labute approximate surface area is 150 Å². The van der Waals surface area contributed by atoms with E-state index in [1.165, 1.54) is 6.07 Å². The second-order valence-corrected chi connectivity index (χ2v) is 6.48. The Morgan fingerprint density at radius 1 is 1.35 bits per heavy atom. The zero-order valence-corrected chi connectivity index (χ0v) is 14.4. The molecule has 7 heteroatoms. The van der Waals surface area contributed by atoms with Crippen LogP contribution in [0.25, 0.3) is 11.3 Å². The normalized spacial score (nSPS) is 16.1. The molecule has 3 heterocycles. The van der Waals surface area contributed by atoms with Crippen LogP contribution in [-0.4, -0.2) is 25.7 Å². The van der Waals surface area contributed by atoms with E-state index >= 15 is 0 Å². The third-order valence-electron chi connectivity index (χ3n) is 4.65. The first-order valence-electron chi connectivity index (χ1n) is 8.59. The van der Waals surface area contributed by atoms with Crippen molar-refractivity contribution in [1.29, 1.82) is 0 Å². The van der Waals surface area contributed by atoms with E-state index in [-0.39, 0.29) is 17.5 Å². The van der Waals surface area contributed by atoms with Crippen molar-refractivity contribution in [2.45, 2.75) is 25.3 Å². The molecule has 1 atom stereocenters. The van der Waals surface area contributed by atoms with Crippen LogP contribution in [0.2, 0.25) is 0 Å². The topological polar surface area (TPSA) is 92.7 Å². The molecule has 0 bridgehead atoms. The van der Waals surface area contributed by atoms with Gasteiger partial charge in [0.1, 0.15) is 5.69 Å². The van der Waals surface area contributed by atoms with E-state index < -0.39 is 0 Å². The van der Waals surface area contributed by atoms with Gasteiger partial charge in [-0.05, 0) is 43.0 Å². The smallest absolute Gasteiger partial charge is 0.255 e. The highest BCUT2D eigenvalue weighted by Crippen LogP contribution is 2.28. The Morgan fingerprint density at radius 2 is 2.23 bits per heavy atom. The molecule has 3 aromatic heterocycles. The van der Waals surface area contributed by atoms with Crippen LogP contribution in [-0.2, 0) is 13.5 Å². The molecule has 4 rings (SSSR count).